The molecule has 218 valence electrons. The molecular weight excluding hydrogens is 593 g/mol. The Morgan fingerprint density at radius 3 is 1.18 bits per heavy atom. The summed E-state index contributed by atoms with van der Waals surface area (Å²) in [6.07, 6.45) is 0. The Labute approximate surface area is 254 Å². The van der Waals surface area contributed by atoms with E-state index < -0.39 is 20.0 Å². The minimum Gasteiger partial charge on any atom is -0.277 e. The van der Waals surface area contributed by atoms with E-state index in [-0.39, 0.29) is 21.2 Å². The summed E-state index contributed by atoms with van der Waals surface area (Å²) >= 11 is 0. The van der Waals surface area contributed by atoms with Crippen molar-refractivity contribution in [3.63, 3.8) is 0 Å². The van der Waals surface area contributed by atoms with E-state index >= 15 is 0 Å². The summed E-state index contributed by atoms with van der Waals surface area (Å²) in [6, 6.07) is 31.7. The largest absolute Gasteiger partial charge is 0.277 e. The zero-order valence-corrected chi connectivity index (χ0v) is 25.4. The lowest BCUT2D eigenvalue weighted by atomic mass is 9.99. The molecule has 2 N–H and O–H groups in total. The number of aryl methyl sites for hydroxylation is 2. The minimum atomic E-state index is -4.09. The molecule has 7 rings (SSSR count). The highest BCUT2D eigenvalue weighted by Gasteiger charge is 2.22. The quantitative estimate of drug-likeness (QED) is 0.149. The summed E-state index contributed by atoms with van der Waals surface area (Å²) in [5.74, 6) is 0. The van der Waals surface area contributed by atoms with Gasteiger partial charge in [0, 0.05) is 10.8 Å². The van der Waals surface area contributed by atoms with Crippen LogP contribution in [0.1, 0.15) is 11.1 Å². The smallest absolute Gasteiger partial charge is 0.261 e. The van der Waals surface area contributed by atoms with E-state index in [1.807, 2.05) is 62.4 Å². The maximum atomic E-state index is 13.5. The third-order valence-corrected chi connectivity index (χ3v) is 10.4. The highest BCUT2D eigenvalue weighted by atomic mass is 32.2. The number of aromatic nitrogens is 2. The number of nitrogens with one attached hydrogen (secondary N) is 2. The molecule has 0 fully saturated rings. The molecule has 0 bridgehead atoms. The van der Waals surface area contributed by atoms with Crippen molar-refractivity contribution >= 4 is 75.0 Å². The molecule has 0 amide bonds. The summed E-state index contributed by atoms with van der Waals surface area (Å²) in [4.78, 5) is 10.0. The molecule has 7 aromatic rings. The molecule has 0 aliphatic carbocycles. The van der Waals surface area contributed by atoms with Gasteiger partial charge in [-0.1, -0.05) is 83.9 Å². The van der Waals surface area contributed by atoms with Crippen molar-refractivity contribution < 1.29 is 16.8 Å². The summed E-state index contributed by atoms with van der Waals surface area (Å²) in [5.41, 5.74) is 3.97. The third-order valence-electron chi connectivity index (χ3n) is 7.61. The second kappa shape index (κ2) is 10.3. The number of sulfonamides is 2. The Bertz CT molecular complexity index is 2300. The molecule has 0 aliphatic rings. The van der Waals surface area contributed by atoms with Gasteiger partial charge >= 0.3 is 0 Å². The normalized spacial score (nSPS) is 12.2. The highest BCUT2D eigenvalue weighted by Crippen LogP contribution is 2.36. The standard InChI is InChI=1S/C34H26N4O4S2/c1-21-11-15-23(16-12-21)43(39,40)37-31-19-29-30(20-32(31)38-44(41,42)24-17-13-22(2)14-18-24)36-34-28-10-6-4-8-26(28)25-7-3-5-9-27(25)33(34)35-29/h3-20,37-38H,1-2H3. The van der Waals surface area contributed by atoms with Gasteiger partial charge in [0.15, 0.2) is 0 Å². The number of hydrogen-bond acceptors (Lipinski definition) is 6. The molecule has 0 unspecified atom stereocenters. The molecule has 1 heterocycles. The Morgan fingerprint density at radius 2 is 0.818 bits per heavy atom. The third kappa shape index (κ3) is 4.87. The predicted octanol–water partition coefficient (Wildman–Crippen LogP) is 7.31. The Kier molecular flexibility index (Phi) is 6.49. The molecule has 0 atom stereocenters. The lowest BCUT2D eigenvalue weighted by Gasteiger charge is -2.17. The van der Waals surface area contributed by atoms with Crippen molar-refractivity contribution in [2.45, 2.75) is 23.6 Å². The molecule has 0 saturated heterocycles. The average molecular weight is 619 g/mol. The van der Waals surface area contributed by atoms with Gasteiger partial charge in [0.05, 0.1) is 43.2 Å². The monoisotopic (exact) mass is 618 g/mol. The molecule has 0 saturated carbocycles. The number of anilines is 2. The van der Waals surface area contributed by atoms with Crippen LogP contribution >= 0.6 is 0 Å². The van der Waals surface area contributed by atoms with Crippen molar-refractivity contribution in [1.29, 1.82) is 0 Å². The van der Waals surface area contributed by atoms with Gasteiger partial charge in [0.1, 0.15) is 0 Å². The van der Waals surface area contributed by atoms with Gasteiger partial charge in [-0.25, -0.2) is 26.8 Å². The van der Waals surface area contributed by atoms with Gasteiger partial charge in [-0.05, 0) is 61.0 Å². The molecule has 1 aromatic heterocycles. The lowest BCUT2D eigenvalue weighted by molar-refractivity contribution is 0.599. The average Bonchev–Trinajstić information content (AvgIpc) is 3.01. The second-order valence-electron chi connectivity index (χ2n) is 10.7. The van der Waals surface area contributed by atoms with Crippen LogP contribution in [-0.4, -0.2) is 26.8 Å². The van der Waals surface area contributed by atoms with Crippen LogP contribution in [0.25, 0.3) is 43.6 Å². The first-order chi connectivity index (χ1) is 21.1. The minimum absolute atomic E-state index is 0.0208. The highest BCUT2D eigenvalue weighted by molar-refractivity contribution is 7.93. The van der Waals surface area contributed by atoms with Crippen LogP contribution in [0.2, 0.25) is 0 Å². The first-order valence-electron chi connectivity index (χ1n) is 13.8. The van der Waals surface area contributed by atoms with Crippen LogP contribution < -0.4 is 9.44 Å². The molecule has 0 spiro atoms. The Hall–Kier alpha value is -5.06. The van der Waals surface area contributed by atoms with Crippen LogP contribution in [0.3, 0.4) is 0 Å². The van der Waals surface area contributed by atoms with Gasteiger partial charge in [-0.2, -0.15) is 0 Å². The van der Waals surface area contributed by atoms with Crippen LogP contribution in [0, 0.1) is 13.8 Å². The van der Waals surface area contributed by atoms with Gasteiger partial charge in [-0.15, -0.1) is 0 Å². The van der Waals surface area contributed by atoms with Crippen molar-refractivity contribution in [2.24, 2.45) is 0 Å². The van der Waals surface area contributed by atoms with Crippen molar-refractivity contribution in [3.05, 3.63) is 120 Å². The summed E-state index contributed by atoms with van der Waals surface area (Å²) in [6.45, 7) is 3.72. The zero-order valence-electron chi connectivity index (χ0n) is 23.7. The maximum absolute atomic E-state index is 13.5. The van der Waals surface area contributed by atoms with Crippen molar-refractivity contribution in [3.8, 4) is 0 Å². The molecule has 0 radical (unpaired) electrons. The number of nitrogens with zero attached hydrogens (tertiary/aromatic N) is 2. The van der Waals surface area contributed by atoms with E-state index in [0.717, 1.165) is 32.7 Å². The van der Waals surface area contributed by atoms with Crippen LogP contribution in [0.5, 0.6) is 0 Å². The van der Waals surface area contributed by atoms with Crippen molar-refractivity contribution in [2.75, 3.05) is 9.44 Å². The molecule has 44 heavy (non-hydrogen) atoms. The molecule has 0 aliphatic heterocycles. The zero-order chi connectivity index (χ0) is 30.6. The fourth-order valence-electron chi connectivity index (χ4n) is 5.34. The first-order valence-corrected chi connectivity index (χ1v) is 16.8. The number of fused-ring (bicyclic) bond motifs is 7. The van der Waals surface area contributed by atoms with Gasteiger partial charge in [-0.3, -0.25) is 9.44 Å². The number of rotatable bonds is 6. The van der Waals surface area contributed by atoms with Gasteiger partial charge in [0.25, 0.3) is 20.0 Å². The summed E-state index contributed by atoms with van der Waals surface area (Å²) in [5, 5.41) is 3.85. The van der Waals surface area contributed by atoms with E-state index in [1.54, 1.807) is 24.3 Å². The lowest BCUT2D eigenvalue weighted by Crippen LogP contribution is -2.18. The Morgan fingerprint density at radius 1 is 0.477 bits per heavy atom. The molecular formula is C34H26N4O4S2. The molecule has 6 aromatic carbocycles. The van der Waals surface area contributed by atoms with Gasteiger partial charge < -0.3 is 0 Å². The van der Waals surface area contributed by atoms with Crippen LogP contribution in [-0.2, 0) is 20.0 Å². The topological polar surface area (TPSA) is 118 Å². The van der Waals surface area contributed by atoms with E-state index in [4.69, 9.17) is 9.97 Å². The SMILES string of the molecule is Cc1ccc(S(=O)(=O)Nc2cc3nc4c5ccccc5c5ccccc5c4nc3cc2NS(=O)(=O)c2ccc(C)cc2)cc1. The van der Waals surface area contributed by atoms with E-state index in [0.29, 0.717) is 22.1 Å². The Balaban J connectivity index is 1.47. The summed E-state index contributed by atoms with van der Waals surface area (Å²) < 4.78 is 59.1. The fourth-order valence-corrected chi connectivity index (χ4v) is 7.48. The second-order valence-corrected chi connectivity index (χ2v) is 14.1. The summed E-state index contributed by atoms with van der Waals surface area (Å²) in [7, 11) is -8.17. The van der Waals surface area contributed by atoms with E-state index in [9.17, 15) is 16.8 Å². The van der Waals surface area contributed by atoms with Gasteiger partial charge in [0.2, 0.25) is 0 Å². The number of hydrogen-bond donors (Lipinski definition) is 2. The fraction of sp³-hybridized carbons (Fsp3) is 0.0588. The number of benzene rings is 6. The van der Waals surface area contributed by atoms with Crippen molar-refractivity contribution in [1.82, 2.24) is 9.97 Å². The first kappa shape index (κ1) is 27.8. The molecule has 10 heteroatoms. The van der Waals surface area contributed by atoms with Crippen LogP contribution in [0.4, 0.5) is 11.4 Å². The molecule has 8 nitrogen and oxygen atoms in total. The van der Waals surface area contributed by atoms with E-state index in [2.05, 4.69) is 9.44 Å². The maximum Gasteiger partial charge on any atom is 0.261 e. The van der Waals surface area contributed by atoms with Crippen LogP contribution in [0.15, 0.2) is 119 Å². The predicted molar refractivity (Wildman–Crippen MR) is 176 cm³/mol. The van der Waals surface area contributed by atoms with E-state index in [1.165, 1.54) is 36.4 Å².